The summed E-state index contributed by atoms with van der Waals surface area (Å²) >= 11 is 7.70. The van der Waals surface area contributed by atoms with Crippen molar-refractivity contribution in [1.29, 1.82) is 0 Å². The van der Waals surface area contributed by atoms with Crippen LogP contribution in [0.15, 0.2) is 12.7 Å². The second kappa shape index (κ2) is 15.4. The summed E-state index contributed by atoms with van der Waals surface area (Å²) in [5, 5.41) is 0.257. The van der Waals surface area contributed by atoms with Crippen LogP contribution in [0.2, 0.25) is 0 Å². The fourth-order valence-corrected chi connectivity index (χ4v) is 0. The largest absolute Gasteiger partial charge is 0.369 e. The molecule has 0 saturated heterocycles. The van der Waals surface area contributed by atoms with Crippen molar-refractivity contribution in [2.75, 3.05) is 11.2 Å². The molecule has 0 atom stereocenters. The molecule has 0 aromatic rings. The number of hydrogen-bond donors (Lipinski definition) is 3. The molecule has 0 bridgehead atoms. The van der Waals surface area contributed by atoms with Crippen LogP contribution in [-0.2, 0) is 14.4 Å². The van der Waals surface area contributed by atoms with Gasteiger partial charge in [-0.25, -0.2) is 0 Å². The smallest absolute Gasteiger partial charge is 0.240 e. The molecule has 0 radical (unpaired) electrons. The van der Waals surface area contributed by atoms with Gasteiger partial charge in [0.25, 0.3) is 0 Å². The van der Waals surface area contributed by atoms with Crippen LogP contribution < -0.4 is 17.2 Å². The summed E-state index contributed by atoms with van der Waals surface area (Å²) in [5.41, 5.74) is 13.7. The van der Waals surface area contributed by atoms with Gasteiger partial charge in [0.05, 0.1) is 5.33 Å². The zero-order valence-electron chi connectivity index (χ0n) is 7.91. The van der Waals surface area contributed by atoms with Crippen LogP contribution >= 0.6 is 27.5 Å². The first kappa shape index (κ1) is 19.5. The molecule has 6 N–H and O–H groups in total. The third kappa shape index (κ3) is 63.6. The van der Waals surface area contributed by atoms with Gasteiger partial charge in [-0.15, -0.1) is 11.6 Å². The summed E-state index contributed by atoms with van der Waals surface area (Å²) in [4.78, 5) is 28.5. The first-order valence-corrected chi connectivity index (χ1v) is 5.07. The van der Waals surface area contributed by atoms with Crippen molar-refractivity contribution in [2.45, 2.75) is 0 Å². The highest BCUT2D eigenvalue weighted by Crippen LogP contribution is 1.71. The van der Waals surface area contributed by atoms with Crippen LogP contribution in [0.3, 0.4) is 0 Å². The van der Waals surface area contributed by atoms with E-state index >= 15 is 0 Å². The number of primary amides is 3. The predicted octanol–water partition coefficient (Wildman–Crippen LogP) is -0.765. The number of halogens is 2. The molecular weight excluding hydrogens is 289 g/mol. The third-order valence-electron chi connectivity index (χ3n) is 0.465. The van der Waals surface area contributed by atoms with Crippen molar-refractivity contribution >= 4 is 45.3 Å². The Labute approximate surface area is 101 Å². The number of amides is 3. The average molecular weight is 303 g/mol. The van der Waals surface area contributed by atoms with Crippen LogP contribution in [0.4, 0.5) is 0 Å². The van der Waals surface area contributed by atoms with Crippen molar-refractivity contribution in [3.05, 3.63) is 12.7 Å². The van der Waals surface area contributed by atoms with Gasteiger partial charge in [0.15, 0.2) is 0 Å². The van der Waals surface area contributed by atoms with Crippen LogP contribution in [0.25, 0.3) is 0 Å². The Kier molecular flexibility index (Phi) is 20.0. The molecule has 6 nitrogen and oxygen atoms in total. The molecule has 0 spiro atoms. The molecule has 3 amide bonds. The van der Waals surface area contributed by atoms with E-state index in [1.165, 1.54) is 0 Å². The van der Waals surface area contributed by atoms with Crippen LogP contribution in [0.5, 0.6) is 0 Å². The molecule has 0 aromatic heterocycles. The van der Waals surface area contributed by atoms with Gasteiger partial charge in [0, 0.05) is 0 Å². The summed E-state index contributed by atoms with van der Waals surface area (Å²) in [7, 11) is 0. The summed E-state index contributed by atoms with van der Waals surface area (Å²) in [6, 6.07) is 0. The molecule has 0 aliphatic heterocycles. The Bertz CT molecular complexity index is 210. The normalized spacial score (nSPS) is 7.07. The number of carbonyl (C=O) groups excluding carboxylic acids is 3. The molecule has 0 unspecified atom stereocenters. The van der Waals surface area contributed by atoms with E-state index in [0.29, 0.717) is 0 Å². The Morgan fingerprint density at radius 1 is 1.20 bits per heavy atom. The van der Waals surface area contributed by atoms with Gasteiger partial charge in [0.2, 0.25) is 17.7 Å². The Balaban J connectivity index is -0.000000144. The van der Waals surface area contributed by atoms with Gasteiger partial charge in [-0.3, -0.25) is 14.4 Å². The van der Waals surface area contributed by atoms with E-state index in [0.717, 1.165) is 6.08 Å². The zero-order valence-corrected chi connectivity index (χ0v) is 10.3. The summed E-state index contributed by atoms with van der Waals surface area (Å²) < 4.78 is 0. The first-order chi connectivity index (χ1) is 6.81. The molecule has 0 aromatic carbocycles. The Morgan fingerprint density at radius 3 is 1.40 bits per heavy atom. The van der Waals surface area contributed by atoms with Gasteiger partial charge in [-0.1, -0.05) is 22.5 Å². The Morgan fingerprint density at radius 2 is 1.40 bits per heavy atom. The zero-order chi connectivity index (χ0) is 12.9. The van der Waals surface area contributed by atoms with Crippen LogP contribution in [0.1, 0.15) is 0 Å². The van der Waals surface area contributed by atoms with E-state index in [2.05, 4.69) is 39.7 Å². The lowest BCUT2D eigenvalue weighted by atomic mass is 10.6. The molecule has 0 saturated carbocycles. The fourth-order valence-electron chi connectivity index (χ4n) is 0. The van der Waals surface area contributed by atoms with Gasteiger partial charge in [-0.2, -0.15) is 0 Å². The predicted molar refractivity (Wildman–Crippen MR) is 62.3 cm³/mol. The van der Waals surface area contributed by atoms with Crippen LogP contribution in [0, 0.1) is 0 Å². The van der Waals surface area contributed by atoms with E-state index in [9.17, 15) is 14.4 Å². The topological polar surface area (TPSA) is 129 Å². The maximum absolute atomic E-state index is 9.54. The molecule has 0 rings (SSSR count). The minimum Gasteiger partial charge on any atom is -0.369 e. The van der Waals surface area contributed by atoms with Gasteiger partial charge < -0.3 is 17.2 Å². The second-order valence-electron chi connectivity index (χ2n) is 1.81. The fraction of sp³-hybridized carbons (Fsp3) is 0.286. The SMILES string of the molecule is C=CC(N)=O.NC(=O)CBr.NC(=O)CCl. The number of rotatable bonds is 3. The van der Waals surface area contributed by atoms with Gasteiger partial charge >= 0.3 is 0 Å². The van der Waals surface area contributed by atoms with Crippen molar-refractivity contribution in [1.82, 2.24) is 0 Å². The highest BCUT2D eigenvalue weighted by atomic mass is 79.9. The minimum atomic E-state index is -0.481. The monoisotopic (exact) mass is 301 g/mol. The molecule has 8 heteroatoms. The van der Waals surface area contributed by atoms with Gasteiger partial charge in [0.1, 0.15) is 5.88 Å². The maximum Gasteiger partial charge on any atom is 0.240 e. The molecule has 0 fully saturated rings. The lowest BCUT2D eigenvalue weighted by Gasteiger charge is -1.71. The average Bonchev–Trinajstić information content (AvgIpc) is 2.19. The second-order valence-corrected chi connectivity index (χ2v) is 2.63. The minimum absolute atomic E-state index is 0.0833. The number of carbonyl (C=O) groups is 3. The summed E-state index contributed by atoms with van der Waals surface area (Å²) in [6.07, 6.45) is 1.06. The van der Waals surface area contributed by atoms with E-state index in [-0.39, 0.29) is 17.1 Å². The summed E-state index contributed by atoms with van der Waals surface area (Å²) in [6.45, 7) is 3.09. The molecule has 0 aliphatic rings. The lowest BCUT2D eigenvalue weighted by molar-refractivity contribution is -0.116. The summed E-state index contributed by atoms with van der Waals surface area (Å²) in [5.74, 6) is -1.37. The maximum atomic E-state index is 9.54. The van der Waals surface area contributed by atoms with E-state index in [1.54, 1.807) is 0 Å². The van der Waals surface area contributed by atoms with E-state index in [1.807, 2.05) is 0 Å². The van der Waals surface area contributed by atoms with Crippen molar-refractivity contribution in [3.63, 3.8) is 0 Å². The standard InChI is InChI=1S/C3H5NO.C2H4BrNO.C2H4ClNO/c1-2-3(4)5;2*3-1-2(4)5/h2H,1H2,(H2,4,5);2*1H2,(H2,4,5). The highest BCUT2D eigenvalue weighted by Gasteiger charge is 1.80. The first-order valence-electron chi connectivity index (χ1n) is 3.42. The molecular formula is C7H13BrClN3O3. The van der Waals surface area contributed by atoms with Crippen molar-refractivity contribution in [2.24, 2.45) is 17.2 Å². The molecule has 15 heavy (non-hydrogen) atoms. The molecule has 88 valence electrons. The Hall–Kier alpha value is -1.08. The lowest BCUT2D eigenvalue weighted by Crippen LogP contribution is -2.10. The highest BCUT2D eigenvalue weighted by molar-refractivity contribution is 9.09. The number of alkyl halides is 2. The van der Waals surface area contributed by atoms with Crippen molar-refractivity contribution < 1.29 is 14.4 Å². The quantitative estimate of drug-likeness (QED) is 0.467. The van der Waals surface area contributed by atoms with Gasteiger partial charge in [-0.05, 0) is 6.08 Å². The number of nitrogens with two attached hydrogens (primary N) is 3. The molecule has 0 heterocycles. The van der Waals surface area contributed by atoms with Crippen LogP contribution in [-0.4, -0.2) is 28.9 Å². The van der Waals surface area contributed by atoms with Crippen molar-refractivity contribution in [3.8, 4) is 0 Å². The van der Waals surface area contributed by atoms with E-state index in [4.69, 9.17) is 11.6 Å². The molecule has 0 aliphatic carbocycles. The van der Waals surface area contributed by atoms with E-state index < -0.39 is 11.8 Å². The number of hydrogen-bond acceptors (Lipinski definition) is 3. The third-order valence-corrected chi connectivity index (χ3v) is 1.28.